The molecule has 2 aromatic rings. The number of hydrogen-bond acceptors (Lipinski definition) is 3. The van der Waals surface area contributed by atoms with Crippen LogP contribution >= 0.6 is 0 Å². The first-order valence-corrected chi connectivity index (χ1v) is 8.06. The predicted molar refractivity (Wildman–Crippen MR) is 92.6 cm³/mol. The van der Waals surface area contributed by atoms with Gasteiger partial charge in [-0.15, -0.1) is 0 Å². The Hall–Kier alpha value is -2.33. The molecule has 0 unspecified atom stereocenters. The highest BCUT2D eigenvalue weighted by Gasteiger charge is 2.16. The smallest absolute Gasteiger partial charge is 0.136 e. The zero-order valence-electron chi connectivity index (χ0n) is 13.4. The van der Waals surface area contributed by atoms with Gasteiger partial charge in [-0.1, -0.05) is 30.3 Å². The number of ether oxygens (including phenoxy) is 2. The van der Waals surface area contributed by atoms with Crippen molar-refractivity contribution in [2.75, 3.05) is 32.9 Å². The monoisotopic (exact) mass is 310 g/mol. The van der Waals surface area contributed by atoms with E-state index in [1.807, 2.05) is 49.4 Å². The van der Waals surface area contributed by atoms with Gasteiger partial charge >= 0.3 is 0 Å². The second-order valence-electron chi connectivity index (χ2n) is 5.33. The maximum Gasteiger partial charge on any atom is 0.136 e. The third kappa shape index (κ3) is 4.11. The van der Waals surface area contributed by atoms with Crippen LogP contribution < -0.4 is 4.74 Å². The lowest BCUT2D eigenvalue weighted by Gasteiger charge is -2.30. The molecule has 0 aromatic heterocycles. The van der Waals surface area contributed by atoms with Gasteiger partial charge in [0, 0.05) is 18.7 Å². The van der Waals surface area contributed by atoms with Gasteiger partial charge in [0.2, 0.25) is 0 Å². The summed E-state index contributed by atoms with van der Waals surface area (Å²) in [6.07, 6.45) is 0. The van der Waals surface area contributed by atoms with Gasteiger partial charge in [-0.25, -0.2) is 4.99 Å². The summed E-state index contributed by atoms with van der Waals surface area (Å²) in [7, 11) is 0. The summed E-state index contributed by atoms with van der Waals surface area (Å²) >= 11 is 0. The van der Waals surface area contributed by atoms with Gasteiger partial charge in [-0.3, -0.25) is 0 Å². The van der Waals surface area contributed by atoms with Crippen molar-refractivity contribution in [1.29, 1.82) is 0 Å². The van der Waals surface area contributed by atoms with Crippen LogP contribution in [0.4, 0.5) is 5.69 Å². The van der Waals surface area contributed by atoms with Crippen LogP contribution in [0.2, 0.25) is 0 Å². The van der Waals surface area contributed by atoms with Gasteiger partial charge in [0.25, 0.3) is 0 Å². The molecule has 1 fully saturated rings. The highest BCUT2D eigenvalue weighted by atomic mass is 16.5. The van der Waals surface area contributed by atoms with Crippen molar-refractivity contribution < 1.29 is 9.47 Å². The maximum absolute atomic E-state index is 5.49. The topological polar surface area (TPSA) is 34.1 Å². The Labute approximate surface area is 137 Å². The fourth-order valence-electron chi connectivity index (χ4n) is 2.59. The van der Waals surface area contributed by atoms with Crippen LogP contribution in [-0.2, 0) is 4.74 Å². The molecule has 1 saturated heterocycles. The van der Waals surface area contributed by atoms with Crippen molar-refractivity contribution in [2.45, 2.75) is 6.92 Å². The van der Waals surface area contributed by atoms with Gasteiger partial charge in [0.1, 0.15) is 11.6 Å². The van der Waals surface area contributed by atoms with Crippen molar-refractivity contribution in [3.8, 4) is 5.75 Å². The Kier molecular flexibility index (Phi) is 5.27. The first-order valence-electron chi connectivity index (χ1n) is 8.06. The first kappa shape index (κ1) is 15.6. The molecule has 0 bridgehead atoms. The molecule has 120 valence electrons. The second kappa shape index (κ2) is 7.79. The van der Waals surface area contributed by atoms with E-state index >= 15 is 0 Å². The van der Waals surface area contributed by atoms with Crippen LogP contribution in [0.5, 0.6) is 5.75 Å². The van der Waals surface area contributed by atoms with Crippen molar-refractivity contribution in [1.82, 2.24) is 4.90 Å². The molecule has 4 nitrogen and oxygen atoms in total. The number of aliphatic imine (C=N–C) groups is 1. The highest BCUT2D eigenvalue weighted by Crippen LogP contribution is 2.20. The maximum atomic E-state index is 5.49. The SMILES string of the molecule is CCOc1ccc(N=C(c2ccccc2)N2CCOCC2)cc1. The molecular weight excluding hydrogens is 288 g/mol. The van der Waals surface area contributed by atoms with E-state index < -0.39 is 0 Å². The molecule has 4 heteroatoms. The van der Waals surface area contributed by atoms with Gasteiger partial charge in [0.05, 0.1) is 25.5 Å². The van der Waals surface area contributed by atoms with E-state index in [4.69, 9.17) is 14.5 Å². The van der Waals surface area contributed by atoms with Crippen LogP contribution in [-0.4, -0.2) is 43.6 Å². The lowest BCUT2D eigenvalue weighted by atomic mass is 10.1. The number of morpholine rings is 1. The van der Waals surface area contributed by atoms with Crippen molar-refractivity contribution in [3.63, 3.8) is 0 Å². The fraction of sp³-hybridized carbons (Fsp3) is 0.316. The minimum Gasteiger partial charge on any atom is -0.494 e. The Bertz CT molecular complexity index is 632. The van der Waals surface area contributed by atoms with Crippen molar-refractivity contribution >= 4 is 11.5 Å². The van der Waals surface area contributed by atoms with Gasteiger partial charge < -0.3 is 14.4 Å². The lowest BCUT2D eigenvalue weighted by Crippen LogP contribution is -2.41. The van der Waals surface area contributed by atoms with E-state index in [0.717, 1.165) is 49.1 Å². The highest BCUT2D eigenvalue weighted by molar-refractivity contribution is 6.00. The van der Waals surface area contributed by atoms with Crippen molar-refractivity contribution in [2.24, 2.45) is 4.99 Å². The summed E-state index contributed by atoms with van der Waals surface area (Å²) in [5.41, 5.74) is 2.06. The molecule has 0 radical (unpaired) electrons. The predicted octanol–water partition coefficient (Wildman–Crippen LogP) is 3.50. The molecule has 0 spiro atoms. The largest absolute Gasteiger partial charge is 0.494 e. The van der Waals surface area contributed by atoms with Crippen LogP contribution in [0.1, 0.15) is 12.5 Å². The summed E-state index contributed by atoms with van der Waals surface area (Å²) in [6, 6.07) is 18.2. The average molecular weight is 310 g/mol. The molecule has 3 rings (SSSR count). The summed E-state index contributed by atoms with van der Waals surface area (Å²) in [4.78, 5) is 7.17. The minimum absolute atomic E-state index is 0.672. The number of nitrogens with zero attached hydrogens (tertiary/aromatic N) is 2. The van der Waals surface area contributed by atoms with E-state index in [0.29, 0.717) is 6.61 Å². The molecule has 0 amide bonds. The normalized spacial score (nSPS) is 15.5. The van der Waals surface area contributed by atoms with Crippen LogP contribution in [0, 0.1) is 0 Å². The summed E-state index contributed by atoms with van der Waals surface area (Å²) in [5.74, 6) is 1.87. The molecule has 0 aliphatic carbocycles. The Morgan fingerprint density at radius 3 is 2.39 bits per heavy atom. The van der Waals surface area contributed by atoms with E-state index in [1.54, 1.807) is 0 Å². The number of hydrogen-bond donors (Lipinski definition) is 0. The summed E-state index contributed by atoms with van der Waals surface area (Å²) in [6.45, 7) is 5.88. The standard InChI is InChI=1S/C19H22N2O2/c1-2-23-18-10-8-17(9-11-18)20-19(16-6-4-3-5-7-16)21-12-14-22-15-13-21/h3-11H,2,12-15H2,1H3. The number of benzene rings is 2. The van der Waals surface area contributed by atoms with E-state index in [1.165, 1.54) is 0 Å². The Morgan fingerprint density at radius 2 is 1.74 bits per heavy atom. The fourth-order valence-corrected chi connectivity index (χ4v) is 2.59. The first-order chi connectivity index (χ1) is 11.4. The minimum atomic E-state index is 0.672. The summed E-state index contributed by atoms with van der Waals surface area (Å²) in [5, 5.41) is 0. The molecule has 1 heterocycles. The molecule has 1 aliphatic rings. The molecule has 0 N–H and O–H groups in total. The van der Waals surface area contributed by atoms with Crippen LogP contribution in [0.25, 0.3) is 0 Å². The lowest BCUT2D eigenvalue weighted by molar-refractivity contribution is 0.0683. The molecule has 23 heavy (non-hydrogen) atoms. The third-order valence-electron chi connectivity index (χ3n) is 3.73. The molecule has 2 aromatic carbocycles. The number of amidine groups is 1. The van der Waals surface area contributed by atoms with Gasteiger partial charge in [-0.2, -0.15) is 0 Å². The molecule has 0 saturated carbocycles. The Morgan fingerprint density at radius 1 is 1.04 bits per heavy atom. The average Bonchev–Trinajstić information content (AvgIpc) is 2.63. The zero-order valence-corrected chi connectivity index (χ0v) is 13.4. The Balaban J connectivity index is 1.90. The number of rotatable bonds is 4. The molecule has 0 atom stereocenters. The summed E-state index contributed by atoms with van der Waals surface area (Å²) < 4.78 is 11.0. The van der Waals surface area contributed by atoms with Crippen molar-refractivity contribution in [3.05, 3.63) is 60.2 Å². The zero-order chi connectivity index (χ0) is 15.9. The van der Waals surface area contributed by atoms with Crippen LogP contribution in [0.15, 0.2) is 59.6 Å². The molecule has 1 aliphatic heterocycles. The second-order valence-corrected chi connectivity index (χ2v) is 5.33. The van der Waals surface area contributed by atoms with E-state index in [9.17, 15) is 0 Å². The van der Waals surface area contributed by atoms with Gasteiger partial charge in [0.15, 0.2) is 0 Å². The quantitative estimate of drug-likeness (QED) is 0.640. The van der Waals surface area contributed by atoms with E-state index in [2.05, 4.69) is 17.0 Å². The van der Waals surface area contributed by atoms with Crippen LogP contribution in [0.3, 0.4) is 0 Å². The van der Waals surface area contributed by atoms with Gasteiger partial charge in [-0.05, 0) is 31.2 Å². The third-order valence-corrected chi connectivity index (χ3v) is 3.73. The molecular formula is C19H22N2O2. The van der Waals surface area contributed by atoms with E-state index in [-0.39, 0.29) is 0 Å².